The van der Waals surface area contributed by atoms with Crippen molar-refractivity contribution in [3.05, 3.63) is 108 Å². The van der Waals surface area contributed by atoms with E-state index >= 15 is 0 Å². The predicted molar refractivity (Wildman–Crippen MR) is 131 cm³/mol. The summed E-state index contributed by atoms with van der Waals surface area (Å²) in [7, 11) is 0. The fourth-order valence-electron chi connectivity index (χ4n) is 4.61. The van der Waals surface area contributed by atoms with E-state index in [9.17, 15) is 0 Å². The first kappa shape index (κ1) is 20.5. The third kappa shape index (κ3) is 4.18. The molecule has 2 heterocycles. The minimum Gasteiger partial charge on any atom is -0.485 e. The van der Waals surface area contributed by atoms with Crippen LogP contribution >= 0.6 is 0 Å². The van der Waals surface area contributed by atoms with E-state index in [0.29, 0.717) is 12.6 Å². The molecule has 0 saturated heterocycles. The van der Waals surface area contributed by atoms with Gasteiger partial charge in [0.15, 0.2) is 5.76 Å². The van der Waals surface area contributed by atoms with Gasteiger partial charge in [0.05, 0.1) is 5.70 Å². The van der Waals surface area contributed by atoms with E-state index in [1.807, 2.05) is 6.07 Å². The Balaban J connectivity index is 1.42. The Morgan fingerprint density at radius 3 is 2.56 bits per heavy atom. The number of nitrogens with zero attached hydrogens (tertiary/aromatic N) is 2. The number of benzene rings is 3. The SMILES string of the molecule is CC(C)N1C=C2C(OCc3ccccc3)=CNC(Cc3cccc4ccccc34)N2CC1. The van der Waals surface area contributed by atoms with Gasteiger partial charge in [0.2, 0.25) is 0 Å². The van der Waals surface area contributed by atoms with Gasteiger partial charge in [-0.15, -0.1) is 0 Å². The molecule has 2 aliphatic rings. The third-order valence-electron chi connectivity index (χ3n) is 6.43. The molecular formula is C28H31N3O. The van der Waals surface area contributed by atoms with Gasteiger partial charge in [0, 0.05) is 38.0 Å². The number of fused-ring (bicyclic) bond motifs is 2. The van der Waals surface area contributed by atoms with E-state index < -0.39 is 0 Å². The number of hydrogen-bond donors (Lipinski definition) is 1. The van der Waals surface area contributed by atoms with Gasteiger partial charge in [0.1, 0.15) is 12.8 Å². The maximum atomic E-state index is 6.30. The van der Waals surface area contributed by atoms with E-state index in [1.165, 1.54) is 27.6 Å². The van der Waals surface area contributed by atoms with Crippen molar-refractivity contribution in [1.29, 1.82) is 0 Å². The number of nitrogens with one attached hydrogen (secondary N) is 1. The number of ether oxygens (including phenoxy) is 1. The molecule has 3 aromatic rings. The van der Waals surface area contributed by atoms with Crippen molar-refractivity contribution in [2.75, 3.05) is 13.1 Å². The molecule has 3 aromatic carbocycles. The molecule has 0 saturated carbocycles. The second-order valence-electron chi connectivity index (χ2n) is 8.85. The first-order chi connectivity index (χ1) is 15.7. The van der Waals surface area contributed by atoms with Gasteiger partial charge in [-0.3, -0.25) is 0 Å². The summed E-state index contributed by atoms with van der Waals surface area (Å²) in [6.45, 7) is 7.04. The quantitative estimate of drug-likeness (QED) is 0.585. The standard InChI is InChI=1S/C28H31N3O/c1-21(2)30-15-16-31-26(19-30)27(32-20-22-9-4-3-5-10-22)18-29-28(31)17-24-13-8-12-23-11-6-7-14-25(23)24/h3-14,18-19,21,28-29H,15-17,20H2,1-2H3. The van der Waals surface area contributed by atoms with E-state index in [4.69, 9.17) is 4.74 Å². The zero-order valence-corrected chi connectivity index (χ0v) is 18.9. The maximum absolute atomic E-state index is 6.30. The zero-order valence-electron chi connectivity index (χ0n) is 18.9. The first-order valence-electron chi connectivity index (χ1n) is 11.5. The number of rotatable bonds is 6. The lowest BCUT2D eigenvalue weighted by molar-refractivity contribution is 0.113. The van der Waals surface area contributed by atoms with E-state index in [2.05, 4.69) is 108 Å². The second-order valence-corrected chi connectivity index (χ2v) is 8.85. The normalized spacial score (nSPS) is 18.2. The van der Waals surface area contributed by atoms with Crippen LogP contribution < -0.4 is 5.32 Å². The minimum atomic E-state index is 0.199. The first-order valence-corrected chi connectivity index (χ1v) is 11.5. The molecule has 1 unspecified atom stereocenters. The van der Waals surface area contributed by atoms with Crippen LogP contribution in [0.1, 0.15) is 25.0 Å². The van der Waals surface area contributed by atoms with Crippen LogP contribution in [-0.4, -0.2) is 35.1 Å². The van der Waals surface area contributed by atoms with Gasteiger partial charge in [-0.2, -0.15) is 0 Å². The van der Waals surface area contributed by atoms with Gasteiger partial charge >= 0.3 is 0 Å². The highest BCUT2D eigenvalue weighted by Crippen LogP contribution is 2.30. The van der Waals surface area contributed by atoms with Crippen LogP contribution in [0, 0.1) is 0 Å². The van der Waals surface area contributed by atoms with Crippen molar-refractivity contribution in [1.82, 2.24) is 15.1 Å². The Hall–Kier alpha value is -3.40. The third-order valence-corrected chi connectivity index (χ3v) is 6.43. The molecule has 164 valence electrons. The fourth-order valence-corrected chi connectivity index (χ4v) is 4.61. The average molecular weight is 426 g/mol. The van der Waals surface area contributed by atoms with Crippen LogP contribution in [0.15, 0.2) is 96.7 Å². The largest absolute Gasteiger partial charge is 0.485 e. The fraction of sp³-hybridized carbons (Fsp3) is 0.286. The highest BCUT2D eigenvalue weighted by molar-refractivity contribution is 5.85. The Bertz CT molecular complexity index is 1130. The van der Waals surface area contributed by atoms with Crippen molar-refractivity contribution in [3.63, 3.8) is 0 Å². The molecule has 0 bridgehead atoms. The van der Waals surface area contributed by atoms with Crippen molar-refractivity contribution < 1.29 is 4.74 Å². The van der Waals surface area contributed by atoms with Gasteiger partial charge in [0.25, 0.3) is 0 Å². The zero-order chi connectivity index (χ0) is 21.9. The Morgan fingerprint density at radius 2 is 1.72 bits per heavy atom. The summed E-state index contributed by atoms with van der Waals surface area (Å²) >= 11 is 0. The lowest BCUT2D eigenvalue weighted by Gasteiger charge is -2.45. The van der Waals surface area contributed by atoms with Crippen LogP contribution in [0.4, 0.5) is 0 Å². The summed E-state index contributed by atoms with van der Waals surface area (Å²) in [6.07, 6.45) is 5.47. The highest BCUT2D eigenvalue weighted by atomic mass is 16.5. The second kappa shape index (κ2) is 8.99. The molecular weight excluding hydrogens is 394 g/mol. The molecule has 0 radical (unpaired) electrons. The lowest BCUT2D eigenvalue weighted by Crippen LogP contribution is -2.53. The molecule has 2 aliphatic heterocycles. The molecule has 32 heavy (non-hydrogen) atoms. The monoisotopic (exact) mass is 425 g/mol. The van der Waals surface area contributed by atoms with E-state index in [1.54, 1.807) is 0 Å². The minimum absolute atomic E-state index is 0.199. The van der Waals surface area contributed by atoms with Crippen LogP contribution in [-0.2, 0) is 17.8 Å². The molecule has 0 fully saturated rings. The lowest BCUT2D eigenvalue weighted by atomic mass is 9.99. The molecule has 1 atom stereocenters. The maximum Gasteiger partial charge on any atom is 0.160 e. The summed E-state index contributed by atoms with van der Waals surface area (Å²) in [6, 6.07) is 26.1. The molecule has 0 aromatic heterocycles. The van der Waals surface area contributed by atoms with Crippen LogP contribution in [0.2, 0.25) is 0 Å². The van der Waals surface area contributed by atoms with Crippen LogP contribution in [0.3, 0.4) is 0 Å². The summed E-state index contributed by atoms with van der Waals surface area (Å²) in [5.74, 6) is 0.911. The Labute approximate surface area is 190 Å². The number of hydrogen-bond acceptors (Lipinski definition) is 4. The van der Waals surface area contributed by atoms with E-state index in [0.717, 1.165) is 25.3 Å². The summed E-state index contributed by atoms with van der Waals surface area (Å²) in [5, 5.41) is 6.27. The van der Waals surface area contributed by atoms with Crippen molar-refractivity contribution in [2.24, 2.45) is 0 Å². The molecule has 0 spiro atoms. The Kier molecular flexibility index (Phi) is 5.76. The predicted octanol–water partition coefficient (Wildman–Crippen LogP) is 5.24. The molecule has 0 amide bonds. The van der Waals surface area contributed by atoms with Crippen molar-refractivity contribution >= 4 is 10.8 Å². The van der Waals surface area contributed by atoms with Crippen molar-refractivity contribution in [3.8, 4) is 0 Å². The van der Waals surface area contributed by atoms with Gasteiger partial charge in [-0.25, -0.2) is 0 Å². The van der Waals surface area contributed by atoms with Gasteiger partial charge in [-0.05, 0) is 35.7 Å². The van der Waals surface area contributed by atoms with E-state index in [-0.39, 0.29) is 6.17 Å². The Morgan fingerprint density at radius 1 is 0.938 bits per heavy atom. The van der Waals surface area contributed by atoms with Crippen LogP contribution in [0.5, 0.6) is 0 Å². The molecule has 0 aliphatic carbocycles. The summed E-state index contributed by atoms with van der Waals surface area (Å²) in [4.78, 5) is 4.88. The highest BCUT2D eigenvalue weighted by Gasteiger charge is 2.32. The average Bonchev–Trinajstić information content (AvgIpc) is 2.84. The van der Waals surface area contributed by atoms with Crippen LogP contribution in [0.25, 0.3) is 10.8 Å². The molecule has 4 heteroatoms. The summed E-state index contributed by atoms with van der Waals surface area (Å²) in [5.41, 5.74) is 3.72. The topological polar surface area (TPSA) is 27.7 Å². The van der Waals surface area contributed by atoms with Gasteiger partial charge in [-0.1, -0.05) is 72.8 Å². The molecule has 5 rings (SSSR count). The molecule has 4 nitrogen and oxygen atoms in total. The van der Waals surface area contributed by atoms with Crippen molar-refractivity contribution in [2.45, 2.75) is 39.1 Å². The summed E-state index contributed by atoms with van der Waals surface area (Å²) < 4.78 is 6.30. The molecule has 1 N–H and O–H groups in total. The van der Waals surface area contributed by atoms with Gasteiger partial charge < -0.3 is 19.9 Å². The smallest absolute Gasteiger partial charge is 0.160 e.